The van der Waals surface area contributed by atoms with E-state index in [1.807, 2.05) is 17.5 Å². The molecular formula is C12H12N4O3S. The summed E-state index contributed by atoms with van der Waals surface area (Å²) in [6.07, 6.45) is 0. The molecule has 0 fully saturated rings. The molecule has 0 aliphatic heterocycles. The molecule has 2 rings (SSSR count). The number of carbonyl (C=O) groups is 2. The molecule has 104 valence electrons. The SMILES string of the molecule is NC(=O)CNC(=O)Cn1nc(-c2cccs2)ccc1=O. The number of rotatable bonds is 5. The summed E-state index contributed by atoms with van der Waals surface area (Å²) in [4.78, 5) is 34.7. The quantitative estimate of drug-likeness (QED) is 0.780. The third-order valence-corrected chi connectivity index (χ3v) is 3.29. The summed E-state index contributed by atoms with van der Waals surface area (Å²) in [7, 11) is 0. The molecule has 0 bridgehead atoms. The number of primary amides is 1. The second-order valence-corrected chi connectivity index (χ2v) is 4.88. The van der Waals surface area contributed by atoms with E-state index in [1.54, 1.807) is 6.07 Å². The number of nitrogens with zero attached hydrogens (tertiary/aromatic N) is 2. The van der Waals surface area contributed by atoms with Crippen LogP contribution >= 0.6 is 11.3 Å². The van der Waals surface area contributed by atoms with Crippen molar-refractivity contribution < 1.29 is 9.59 Å². The lowest BCUT2D eigenvalue weighted by molar-refractivity contribution is -0.125. The van der Waals surface area contributed by atoms with Crippen LogP contribution in [-0.4, -0.2) is 28.1 Å². The normalized spacial score (nSPS) is 10.2. The first kappa shape index (κ1) is 13.9. The molecule has 2 aromatic heterocycles. The zero-order valence-electron chi connectivity index (χ0n) is 10.4. The van der Waals surface area contributed by atoms with Crippen molar-refractivity contribution in [2.24, 2.45) is 5.73 Å². The van der Waals surface area contributed by atoms with Crippen LogP contribution in [0.3, 0.4) is 0 Å². The summed E-state index contributed by atoms with van der Waals surface area (Å²) in [6, 6.07) is 6.70. The van der Waals surface area contributed by atoms with Gasteiger partial charge >= 0.3 is 0 Å². The zero-order valence-corrected chi connectivity index (χ0v) is 11.2. The molecule has 20 heavy (non-hydrogen) atoms. The van der Waals surface area contributed by atoms with E-state index in [9.17, 15) is 14.4 Å². The molecule has 0 unspecified atom stereocenters. The van der Waals surface area contributed by atoms with Crippen molar-refractivity contribution in [3.8, 4) is 10.6 Å². The Morgan fingerprint density at radius 2 is 2.15 bits per heavy atom. The monoisotopic (exact) mass is 292 g/mol. The molecule has 8 heteroatoms. The van der Waals surface area contributed by atoms with Crippen LogP contribution in [0.15, 0.2) is 34.4 Å². The Labute approximate surface area is 118 Å². The third-order valence-electron chi connectivity index (χ3n) is 2.39. The molecule has 0 atom stereocenters. The Bertz CT molecular complexity index is 678. The van der Waals surface area contributed by atoms with E-state index < -0.39 is 11.8 Å². The van der Waals surface area contributed by atoms with Crippen LogP contribution in [0, 0.1) is 0 Å². The van der Waals surface area contributed by atoms with Crippen LogP contribution in [0.4, 0.5) is 0 Å². The van der Waals surface area contributed by atoms with E-state index in [4.69, 9.17) is 5.73 Å². The second-order valence-electron chi connectivity index (χ2n) is 3.93. The van der Waals surface area contributed by atoms with Gasteiger partial charge in [-0.3, -0.25) is 14.4 Å². The smallest absolute Gasteiger partial charge is 0.267 e. The second kappa shape index (κ2) is 6.11. The molecule has 0 saturated carbocycles. The van der Waals surface area contributed by atoms with E-state index in [0.29, 0.717) is 5.69 Å². The minimum absolute atomic E-state index is 0.259. The topological polar surface area (TPSA) is 107 Å². The number of amides is 2. The molecular weight excluding hydrogens is 280 g/mol. The van der Waals surface area contributed by atoms with Crippen LogP contribution in [-0.2, 0) is 16.1 Å². The minimum Gasteiger partial charge on any atom is -0.368 e. The lowest BCUT2D eigenvalue weighted by Gasteiger charge is -2.06. The van der Waals surface area contributed by atoms with Gasteiger partial charge in [0.2, 0.25) is 11.8 Å². The summed E-state index contributed by atoms with van der Waals surface area (Å²) in [6.45, 7) is -0.524. The van der Waals surface area contributed by atoms with Gasteiger partial charge in [0.05, 0.1) is 11.4 Å². The first-order valence-electron chi connectivity index (χ1n) is 5.73. The third kappa shape index (κ3) is 3.51. The highest BCUT2D eigenvalue weighted by molar-refractivity contribution is 7.13. The van der Waals surface area contributed by atoms with E-state index >= 15 is 0 Å². The molecule has 0 radical (unpaired) electrons. The molecule has 2 heterocycles. The van der Waals surface area contributed by atoms with E-state index in [1.165, 1.54) is 17.4 Å². The molecule has 0 aromatic carbocycles. The number of carbonyl (C=O) groups excluding carboxylic acids is 2. The zero-order chi connectivity index (χ0) is 14.5. The van der Waals surface area contributed by atoms with Crippen molar-refractivity contribution in [1.29, 1.82) is 0 Å². The maximum atomic E-state index is 11.6. The van der Waals surface area contributed by atoms with Gasteiger partial charge in [-0.15, -0.1) is 11.3 Å². The summed E-state index contributed by atoms with van der Waals surface area (Å²) in [5, 5.41) is 8.32. The van der Waals surface area contributed by atoms with Crippen LogP contribution in [0.5, 0.6) is 0 Å². The maximum Gasteiger partial charge on any atom is 0.267 e. The van der Waals surface area contributed by atoms with Crippen molar-refractivity contribution in [2.75, 3.05) is 6.54 Å². The van der Waals surface area contributed by atoms with Crippen molar-refractivity contribution in [3.63, 3.8) is 0 Å². The lowest BCUT2D eigenvalue weighted by Crippen LogP contribution is -2.38. The van der Waals surface area contributed by atoms with Crippen molar-refractivity contribution in [2.45, 2.75) is 6.54 Å². The van der Waals surface area contributed by atoms with Gasteiger partial charge in [0, 0.05) is 6.07 Å². The van der Waals surface area contributed by atoms with Gasteiger partial charge in [0.15, 0.2) is 0 Å². The average Bonchev–Trinajstić information content (AvgIpc) is 2.93. The fourth-order valence-corrected chi connectivity index (χ4v) is 2.19. The highest BCUT2D eigenvalue weighted by atomic mass is 32.1. The molecule has 0 aliphatic carbocycles. The lowest BCUT2D eigenvalue weighted by atomic mass is 10.3. The molecule has 2 amide bonds. The summed E-state index contributed by atoms with van der Waals surface area (Å²) < 4.78 is 1.05. The van der Waals surface area contributed by atoms with Gasteiger partial charge in [0.25, 0.3) is 5.56 Å². The van der Waals surface area contributed by atoms with Gasteiger partial charge in [-0.25, -0.2) is 4.68 Å². The van der Waals surface area contributed by atoms with Gasteiger partial charge in [-0.1, -0.05) is 6.07 Å². The summed E-state index contributed by atoms with van der Waals surface area (Å²) in [5.41, 5.74) is 5.14. The van der Waals surface area contributed by atoms with Crippen LogP contribution in [0.25, 0.3) is 10.6 Å². The van der Waals surface area contributed by atoms with Crippen molar-refractivity contribution in [3.05, 3.63) is 40.0 Å². The largest absolute Gasteiger partial charge is 0.368 e. The van der Waals surface area contributed by atoms with Crippen molar-refractivity contribution >= 4 is 23.2 Å². The number of nitrogens with one attached hydrogen (secondary N) is 1. The Kier molecular flexibility index (Phi) is 4.26. The fraction of sp³-hybridized carbons (Fsp3) is 0.167. The van der Waals surface area contributed by atoms with Gasteiger partial charge in [-0.2, -0.15) is 5.10 Å². The van der Waals surface area contributed by atoms with Crippen LogP contribution in [0.2, 0.25) is 0 Å². The van der Waals surface area contributed by atoms with Gasteiger partial charge in [-0.05, 0) is 17.5 Å². The number of thiophene rings is 1. The van der Waals surface area contributed by atoms with Gasteiger partial charge in [0.1, 0.15) is 12.2 Å². The Morgan fingerprint density at radius 1 is 1.35 bits per heavy atom. The Hall–Kier alpha value is -2.48. The number of hydrogen-bond donors (Lipinski definition) is 2. The predicted octanol–water partition coefficient (Wildman–Crippen LogP) is -0.427. The molecule has 0 aliphatic rings. The fourth-order valence-electron chi connectivity index (χ4n) is 1.50. The van der Waals surface area contributed by atoms with Crippen LogP contribution < -0.4 is 16.6 Å². The first-order chi connectivity index (χ1) is 9.56. The van der Waals surface area contributed by atoms with E-state index in [-0.39, 0.29) is 18.6 Å². The molecule has 0 saturated heterocycles. The molecule has 0 spiro atoms. The number of hydrogen-bond acceptors (Lipinski definition) is 5. The van der Waals surface area contributed by atoms with Gasteiger partial charge < -0.3 is 11.1 Å². The average molecular weight is 292 g/mol. The highest BCUT2D eigenvalue weighted by Crippen LogP contribution is 2.20. The maximum absolute atomic E-state index is 11.6. The Balaban J connectivity index is 2.15. The van der Waals surface area contributed by atoms with E-state index in [2.05, 4.69) is 10.4 Å². The minimum atomic E-state index is -0.647. The highest BCUT2D eigenvalue weighted by Gasteiger charge is 2.08. The molecule has 2 aromatic rings. The predicted molar refractivity (Wildman–Crippen MR) is 74.0 cm³/mol. The Morgan fingerprint density at radius 3 is 2.80 bits per heavy atom. The molecule has 3 N–H and O–H groups in total. The molecule has 7 nitrogen and oxygen atoms in total. The van der Waals surface area contributed by atoms with Crippen LogP contribution in [0.1, 0.15) is 0 Å². The van der Waals surface area contributed by atoms with Crippen molar-refractivity contribution in [1.82, 2.24) is 15.1 Å². The number of nitrogens with two attached hydrogens (primary N) is 1. The van der Waals surface area contributed by atoms with E-state index in [0.717, 1.165) is 9.56 Å². The standard InChI is InChI=1S/C12H12N4O3S/c13-10(17)6-14-11(18)7-16-12(19)4-3-8(15-16)9-2-1-5-20-9/h1-5H,6-7H2,(H2,13,17)(H,14,18). The summed E-state index contributed by atoms with van der Waals surface area (Å²) in [5.74, 6) is -1.15. The number of aromatic nitrogens is 2. The summed E-state index contributed by atoms with van der Waals surface area (Å²) >= 11 is 1.48. The first-order valence-corrected chi connectivity index (χ1v) is 6.61.